The SMILES string of the molecule is Cc1coc(NS(=O)(=O)c2cc(C#CCN)ccc2C)n1. The van der Waals surface area contributed by atoms with Gasteiger partial charge in [0.15, 0.2) is 0 Å². The van der Waals surface area contributed by atoms with Gasteiger partial charge in [0.2, 0.25) is 0 Å². The largest absolute Gasteiger partial charge is 0.431 e. The minimum atomic E-state index is -3.78. The topological polar surface area (TPSA) is 98.2 Å². The van der Waals surface area contributed by atoms with Crippen LogP contribution in [0.25, 0.3) is 0 Å². The summed E-state index contributed by atoms with van der Waals surface area (Å²) in [6, 6.07) is 4.86. The van der Waals surface area contributed by atoms with Gasteiger partial charge in [-0.3, -0.25) is 0 Å². The molecule has 0 bridgehead atoms. The van der Waals surface area contributed by atoms with Crippen molar-refractivity contribution in [2.24, 2.45) is 5.73 Å². The molecule has 110 valence electrons. The zero-order chi connectivity index (χ0) is 15.5. The fraction of sp³-hybridized carbons (Fsp3) is 0.214. The lowest BCUT2D eigenvalue weighted by molar-refractivity contribution is 0.569. The number of aromatic nitrogens is 1. The Morgan fingerprint density at radius 2 is 2.14 bits per heavy atom. The number of nitrogens with one attached hydrogen (secondary N) is 1. The molecular formula is C14H15N3O3S. The summed E-state index contributed by atoms with van der Waals surface area (Å²) in [5, 5.41) is 0. The first-order valence-electron chi connectivity index (χ1n) is 6.17. The van der Waals surface area contributed by atoms with E-state index in [1.807, 2.05) is 0 Å². The number of oxazole rings is 1. The van der Waals surface area contributed by atoms with Gasteiger partial charge in [0.25, 0.3) is 10.0 Å². The van der Waals surface area contributed by atoms with E-state index in [4.69, 9.17) is 10.2 Å². The molecule has 1 aromatic heterocycles. The first-order valence-corrected chi connectivity index (χ1v) is 7.65. The molecule has 0 amide bonds. The van der Waals surface area contributed by atoms with Crippen LogP contribution in [-0.2, 0) is 10.0 Å². The molecule has 0 fully saturated rings. The predicted octanol–water partition coefficient (Wildman–Crippen LogP) is 1.40. The van der Waals surface area contributed by atoms with Crippen molar-refractivity contribution < 1.29 is 12.8 Å². The molecular weight excluding hydrogens is 290 g/mol. The Morgan fingerprint density at radius 3 is 2.76 bits per heavy atom. The molecule has 2 rings (SSSR count). The summed E-state index contributed by atoms with van der Waals surface area (Å²) < 4.78 is 32.1. The fourth-order valence-electron chi connectivity index (χ4n) is 1.69. The number of nitrogens with two attached hydrogens (primary N) is 1. The predicted molar refractivity (Wildman–Crippen MR) is 79.2 cm³/mol. The van der Waals surface area contributed by atoms with E-state index < -0.39 is 10.0 Å². The van der Waals surface area contributed by atoms with E-state index >= 15 is 0 Å². The van der Waals surface area contributed by atoms with Crippen LogP contribution >= 0.6 is 0 Å². The molecule has 0 aliphatic rings. The molecule has 0 spiro atoms. The summed E-state index contributed by atoms with van der Waals surface area (Å²) in [6.45, 7) is 3.62. The van der Waals surface area contributed by atoms with Gasteiger partial charge >= 0.3 is 6.01 Å². The number of anilines is 1. The second-order valence-electron chi connectivity index (χ2n) is 4.39. The number of nitrogens with zero attached hydrogens (tertiary/aromatic N) is 1. The van der Waals surface area contributed by atoms with Gasteiger partial charge in [-0.25, -0.2) is 13.1 Å². The van der Waals surface area contributed by atoms with Crippen LogP contribution in [0.5, 0.6) is 0 Å². The van der Waals surface area contributed by atoms with Crippen LogP contribution in [0.1, 0.15) is 16.8 Å². The van der Waals surface area contributed by atoms with E-state index in [9.17, 15) is 8.42 Å². The van der Waals surface area contributed by atoms with Crippen molar-refractivity contribution in [2.75, 3.05) is 11.3 Å². The Labute approximate surface area is 123 Å². The molecule has 0 unspecified atom stereocenters. The van der Waals surface area contributed by atoms with E-state index in [0.29, 0.717) is 16.8 Å². The average Bonchev–Trinajstić information content (AvgIpc) is 2.82. The standard InChI is InChI=1S/C14H15N3O3S/c1-10-5-6-12(4-3-7-15)8-13(10)21(18,19)17-14-16-11(2)9-20-14/h5-6,8-9H,7,15H2,1-2H3,(H,16,17). The van der Waals surface area contributed by atoms with Gasteiger partial charge in [0.05, 0.1) is 17.1 Å². The second kappa shape index (κ2) is 5.99. The molecule has 6 nitrogen and oxygen atoms in total. The van der Waals surface area contributed by atoms with E-state index in [0.717, 1.165) is 0 Å². The normalized spacial score (nSPS) is 10.8. The van der Waals surface area contributed by atoms with Crippen LogP contribution in [0.2, 0.25) is 0 Å². The number of rotatable bonds is 3. The summed E-state index contributed by atoms with van der Waals surface area (Å²) in [5.41, 5.74) is 7.08. The highest BCUT2D eigenvalue weighted by Crippen LogP contribution is 2.20. The molecule has 1 heterocycles. The van der Waals surface area contributed by atoms with Crippen molar-refractivity contribution in [3.05, 3.63) is 41.3 Å². The highest BCUT2D eigenvalue weighted by molar-refractivity contribution is 7.92. The number of hydrogen-bond donors (Lipinski definition) is 2. The van der Waals surface area contributed by atoms with E-state index in [-0.39, 0.29) is 17.5 Å². The first kappa shape index (κ1) is 15.1. The summed E-state index contributed by atoms with van der Waals surface area (Å²) in [7, 11) is -3.78. The van der Waals surface area contributed by atoms with Crippen LogP contribution in [0.15, 0.2) is 33.8 Å². The van der Waals surface area contributed by atoms with E-state index in [1.165, 1.54) is 12.3 Å². The smallest absolute Gasteiger partial charge is 0.309 e. The molecule has 0 aliphatic carbocycles. The van der Waals surface area contributed by atoms with Gasteiger partial charge in [-0.1, -0.05) is 17.9 Å². The van der Waals surface area contributed by atoms with Crippen molar-refractivity contribution in [3.63, 3.8) is 0 Å². The van der Waals surface area contributed by atoms with Crippen LogP contribution in [-0.4, -0.2) is 19.9 Å². The van der Waals surface area contributed by atoms with Gasteiger partial charge in [-0.15, -0.1) is 0 Å². The highest BCUT2D eigenvalue weighted by atomic mass is 32.2. The molecule has 3 N–H and O–H groups in total. The Morgan fingerprint density at radius 1 is 1.38 bits per heavy atom. The van der Waals surface area contributed by atoms with Crippen LogP contribution in [0, 0.1) is 25.7 Å². The highest BCUT2D eigenvalue weighted by Gasteiger charge is 2.19. The average molecular weight is 305 g/mol. The van der Waals surface area contributed by atoms with E-state index in [2.05, 4.69) is 21.5 Å². The summed E-state index contributed by atoms with van der Waals surface area (Å²) in [5.74, 6) is 5.49. The van der Waals surface area contributed by atoms with Crippen molar-refractivity contribution in [1.29, 1.82) is 0 Å². The third-order valence-electron chi connectivity index (χ3n) is 2.65. The minimum absolute atomic E-state index is 0.0645. The molecule has 0 aliphatic heterocycles. The fourth-order valence-corrected chi connectivity index (χ4v) is 2.90. The maximum Gasteiger partial charge on any atom is 0.309 e. The van der Waals surface area contributed by atoms with Crippen LogP contribution in [0.3, 0.4) is 0 Å². The van der Waals surface area contributed by atoms with Crippen molar-refractivity contribution >= 4 is 16.0 Å². The Bertz CT molecular complexity index is 813. The maximum absolute atomic E-state index is 12.4. The number of hydrogen-bond acceptors (Lipinski definition) is 5. The monoisotopic (exact) mass is 305 g/mol. The molecule has 0 saturated heterocycles. The molecule has 0 atom stereocenters. The molecule has 7 heteroatoms. The van der Waals surface area contributed by atoms with Crippen LogP contribution in [0.4, 0.5) is 6.01 Å². The molecule has 21 heavy (non-hydrogen) atoms. The number of aryl methyl sites for hydroxylation is 2. The molecule has 1 aromatic carbocycles. The summed E-state index contributed by atoms with van der Waals surface area (Å²) in [4.78, 5) is 4.05. The Kier molecular flexibility index (Phi) is 4.31. The quantitative estimate of drug-likeness (QED) is 0.835. The van der Waals surface area contributed by atoms with Crippen molar-refractivity contribution in [1.82, 2.24) is 4.98 Å². The van der Waals surface area contributed by atoms with Gasteiger partial charge in [-0.05, 0) is 31.5 Å². The molecule has 0 radical (unpaired) electrons. The van der Waals surface area contributed by atoms with Gasteiger partial charge in [0, 0.05) is 5.56 Å². The minimum Gasteiger partial charge on any atom is -0.431 e. The molecule has 0 saturated carbocycles. The van der Waals surface area contributed by atoms with Crippen molar-refractivity contribution in [2.45, 2.75) is 18.7 Å². The Hall–Kier alpha value is -2.30. The zero-order valence-corrected chi connectivity index (χ0v) is 12.5. The zero-order valence-electron chi connectivity index (χ0n) is 11.7. The van der Waals surface area contributed by atoms with Crippen molar-refractivity contribution in [3.8, 4) is 11.8 Å². The summed E-state index contributed by atoms with van der Waals surface area (Å²) in [6.07, 6.45) is 1.37. The third-order valence-corrected chi connectivity index (χ3v) is 4.12. The number of sulfonamides is 1. The lowest BCUT2D eigenvalue weighted by Crippen LogP contribution is -2.14. The van der Waals surface area contributed by atoms with Crippen LogP contribution < -0.4 is 10.5 Å². The number of benzene rings is 1. The lowest BCUT2D eigenvalue weighted by Gasteiger charge is -2.08. The van der Waals surface area contributed by atoms with Gasteiger partial charge < -0.3 is 10.2 Å². The maximum atomic E-state index is 12.4. The first-order chi connectivity index (χ1) is 9.92. The Balaban J connectivity index is 2.39. The van der Waals surface area contributed by atoms with Gasteiger partial charge in [0.1, 0.15) is 6.26 Å². The third kappa shape index (κ3) is 3.62. The lowest BCUT2D eigenvalue weighted by atomic mass is 10.1. The molecule has 2 aromatic rings. The van der Waals surface area contributed by atoms with Gasteiger partial charge in [-0.2, -0.15) is 4.98 Å². The summed E-state index contributed by atoms with van der Waals surface area (Å²) >= 11 is 0. The second-order valence-corrected chi connectivity index (χ2v) is 6.04. The van der Waals surface area contributed by atoms with E-state index in [1.54, 1.807) is 26.0 Å².